The molecule has 2 atom stereocenters. The van der Waals surface area contributed by atoms with Gasteiger partial charge >= 0.3 is 0 Å². The third-order valence-corrected chi connectivity index (χ3v) is 2.74. The summed E-state index contributed by atoms with van der Waals surface area (Å²) in [4.78, 5) is 0. The highest BCUT2D eigenvalue weighted by Gasteiger charge is 2.20. The van der Waals surface area contributed by atoms with Crippen LogP contribution in [0.15, 0.2) is 36.0 Å². The van der Waals surface area contributed by atoms with E-state index >= 15 is 0 Å². The van der Waals surface area contributed by atoms with Crippen LogP contribution < -0.4 is 5.32 Å². The van der Waals surface area contributed by atoms with Crippen LogP contribution >= 0.6 is 0 Å². The zero-order valence-corrected chi connectivity index (χ0v) is 7.46. The minimum Gasteiger partial charge on any atom is -0.316 e. The van der Waals surface area contributed by atoms with Crippen LogP contribution in [0, 0.1) is 5.92 Å². The van der Waals surface area contributed by atoms with Gasteiger partial charge in [0.05, 0.1) is 0 Å². The van der Waals surface area contributed by atoms with Gasteiger partial charge in [0, 0.05) is 12.0 Å². The summed E-state index contributed by atoms with van der Waals surface area (Å²) < 4.78 is 0. The summed E-state index contributed by atoms with van der Waals surface area (Å²) in [5.74, 6) is 0.605. The molecule has 0 radical (unpaired) electrons. The second-order valence-electron chi connectivity index (χ2n) is 3.50. The molecule has 0 aromatic rings. The zero-order chi connectivity index (χ0) is 8.39. The Morgan fingerprint density at radius 3 is 3.17 bits per heavy atom. The maximum atomic E-state index is 3.36. The summed E-state index contributed by atoms with van der Waals surface area (Å²) in [5.41, 5.74) is 1.50. The van der Waals surface area contributed by atoms with E-state index in [1.54, 1.807) is 0 Å². The van der Waals surface area contributed by atoms with Gasteiger partial charge in [-0.3, -0.25) is 0 Å². The average molecular weight is 161 g/mol. The van der Waals surface area contributed by atoms with Crippen LogP contribution in [-0.2, 0) is 0 Å². The molecule has 2 unspecified atom stereocenters. The number of allylic oxidation sites excluding steroid dienone is 4. The molecule has 2 bridgehead atoms. The third-order valence-electron chi connectivity index (χ3n) is 2.74. The monoisotopic (exact) mass is 161 g/mol. The molecule has 0 saturated heterocycles. The van der Waals surface area contributed by atoms with Gasteiger partial charge in [-0.15, -0.1) is 0 Å². The molecule has 12 heavy (non-hydrogen) atoms. The summed E-state index contributed by atoms with van der Waals surface area (Å²) >= 11 is 0. The molecule has 1 N–H and O–H groups in total. The van der Waals surface area contributed by atoms with E-state index in [1.165, 1.54) is 18.4 Å². The first kappa shape index (κ1) is 7.81. The van der Waals surface area contributed by atoms with Gasteiger partial charge in [-0.2, -0.15) is 0 Å². The fraction of sp³-hybridized carbons (Fsp3) is 0.455. The first-order valence-corrected chi connectivity index (χ1v) is 4.63. The molecule has 0 amide bonds. The predicted molar refractivity (Wildman–Crippen MR) is 51.9 cm³/mol. The van der Waals surface area contributed by atoms with Crippen LogP contribution in [0.3, 0.4) is 0 Å². The van der Waals surface area contributed by atoms with Gasteiger partial charge in [0.2, 0.25) is 0 Å². The Hall–Kier alpha value is -0.820. The molecule has 1 heteroatoms. The van der Waals surface area contributed by atoms with Crippen molar-refractivity contribution in [3.05, 3.63) is 36.0 Å². The second kappa shape index (κ2) is 3.28. The summed E-state index contributed by atoms with van der Waals surface area (Å²) in [6.45, 7) is 0. The van der Waals surface area contributed by atoms with Crippen molar-refractivity contribution in [3.63, 3.8) is 0 Å². The Kier molecular flexibility index (Phi) is 2.13. The standard InChI is InChI=1S/C11H15N/c1-12-11-7-6-9-4-2-3-5-10(11)8-9/h2-5,8,10-12H,6-7H2,1H3. The molecule has 0 aromatic carbocycles. The lowest BCUT2D eigenvalue weighted by atomic mass is 9.87. The van der Waals surface area contributed by atoms with Gasteiger partial charge in [-0.1, -0.05) is 36.0 Å². The molecule has 0 spiro atoms. The van der Waals surface area contributed by atoms with Crippen molar-refractivity contribution >= 4 is 0 Å². The van der Waals surface area contributed by atoms with E-state index in [9.17, 15) is 0 Å². The number of fused-ring (bicyclic) bond motifs is 1. The number of nitrogens with one attached hydrogen (secondary N) is 1. The van der Waals surface area contributed by atoms with Crippen molar-refractivity contribution in [2.75, 3.05) is 7.05 Å². The van der Waals surface area contributed by atoms with Crippen molar-refractivity contribution < 1.29 is 0 Å². The van der Waals surface area contributed by atoms with Crippen molar-refractivity contribution in [2.45, 2.75) is 18.9 Å². The van der Waals surface area contributed by atoms with Gasteiger partial charge in [-0.25, -0.2) is 0 Å². The minimum absolute atomic E-state index is 0.605. The van der Waals surface area contributed by atoms with Crippen LogP contribution in [0.4, 0.5) is 0 Å². The highest BCUT2D eigenvalue weighted by Crippen LogP contribution is 2.26. The third kappa shape index (κ3) is 1.37. The Balaban J connectivity index is 2.23. The van der Waals surface area contributed by atoms with Crippen molar-refractivity contribution in [3.8, 4) is 0 Å². The van der Waals surface area contributed by atoms with Crippen LogP contribution in [0.5, 0.6) is 0 Å². The van der Waals surface area contributed by atoms with E-state index in [2.05, 4.69) is 42.7 Å². The van der Waals surface area contributed by atoms with E-state index < -0.39 is 0 Å². The number of hydrogen-bond donors (Lipinski definition) is 1. The maximum absolute atomic E-state index is 3.36. The molecule has 0 saturated carbocycles. The van der Waals surface area contributed by atoms with E-state index in [-0.39, 0.29) is 0 Å². The normalized spacial score (nSPS) is 32.9. The lowest BCUT2D eigenvalue weighted by molar-refractivity contribution is 0.445. The lowest BCUT2D eigenvalue weighted by Gasteiger charge is -2.26. The Morgan fingerprint density at radius 1 is 1.42 bits per heavy atom. The Labute approximate surface area is 73.9 Å². The molecule has 0 heterocycles. The van der Waals surface area contributed by atoms with Crippen molar-refractivity contribution in [2.24, 2.45) is 5.92 Å². The Bertz CT molecular complexity index is 248. The van der Waals surface area contributed by atoms with E-state index in [1.807, 2.05) is 0 Å². The second-order valence-corrected chi connectivity index (χ2v) is 3.50. The van der Waals surface area contributed by atoms with Gasteiger partial charge < -0.3 is 5.32 Å². The first-order chi connectivity index (χ1) is 5.90. The molecular weight excluding hydrogens is 146 g/mol. The minimum atomic E-state index is 0.605. The zero-order valence-electron chi connectivity index (χ0n) is 7.46. The predicted octanol–water partition coefficient (Wildman–Crippen LogP) is 2.04. The largest absolute Gasteiger partial charge is 0.316 e. The number of hydrogen-bond acceptors (Lipinski definition) is 1. The quantitative estimate of drug-likeness (QED) is 0.620. The van der Waals surface area contributed by atoms with Gasteiger partial charge in [0.25, 0.3) is 0 Å². The van der Waals surface area contributed by atoms with E-state index in [4.69, 9.17) is 0 Å². The van der Waals surface area contributed by atoms with E-state index in [0.717, 1.165) is 0 Å². The molecular formula is C11H15N. The average Bonchev–Trinajstić information content (AvgIpc) is 2.29. The number of rotatable bonds is 1. The van der Waals surface area contributed by atoms with Crippen molar-refractivity contribution in [1.29, 1.82) is 0 Å². The Morgan fingerprint density at radius 2 is 2.33 bits per heavy atom. The highest BCUT2D eigenvalue weighted by atomic mass is 14.9. The molecule has 0 aromatic heterocycles. The summed E-state index contributed by atoms with van der Waals surface area (Å²) in [6.07, 6.45) is 13.7. The molecule has 2 aliphatic rings. The SMILES string of the molecule is CNC1CCC2=CC1C=CC=C2. The fourth-order valence-electron chi connectivity index (χ4n) is 2.00. The first-order valence-electron chi connectivity index (χ1n) is 4.63. The molecule has 64 valence electrons. The molecule has 2 rings (SSSR count). The molecule has 1 nitrogen and oxygen atoms in total. The molecule has 0 fully saturated rings. The van der Waals surface area contributed by atoms with Crippen LogP contribution in [0.1, 0.15) is 12.8 Å². The van der Waals surface area contributed by atoms with Crippen LogP contribution in [0.25, 0.3) is 0 Å². The summed E-state index contributed by atoms with van der Waals surface area (Å²) in [5, 5.41) is 3.36. The summed E-state index contributed by atoms with van der Waals surface area (Å²) in [7, 11) is 2.05. The maximum Gasteiger partial charge on any atom is 0.0165 e. The van der Waals surface area contributed by atoms with Crippen LogP contribution in [-0.4, -0.2) is 13.1 Å². The highest BCUT2D eigenvalue weighted by molar-refractivity contribution is 5.31. The molecule has 0 aliphatic heterocycles. The van der Waals surface area contributed by atoms with Crippen LogP contribution in [0.2, 0.25) is 0 Å². The fourth-order valence-corrected chi connectivity index (χ4v) is 2.00. The van der Waals surface area contributed by atoms with Gasteiger partial charge in [0.15, 0.2) is 0 Å². The smallest absolute Gasteiger partial charge is 0.0165 e. The lowest BCUT2D eigenvalue weighted by Crippen LogP contribution is -2.33. The van der Waals surface area contributed by atoms with Crippen molar-refractivity contribution in [1.82, 2.24) is 5.32 Å². The van der Waals surface area contributed by atoms with Gasteiger partial charge in [-0.05, 0) is 19.9 Å². The molecule has 2 aliphatic carbocycles. The van der Waals surface area contributed by atoms with Gasteiger partial charge in [0.1, 0.15) is 0 Å². The summed E-state index contributed by atoms with van der Waals surface area (Å²) in [6, 6.07) is 0.643. The topological polar surface area (TPSA) is 12.0 Å². The van der Waals surface area contributed by atoms with E-state index in [0.29, 0.717) is 12.0 Å².